The van der Waals surface area contributed by atoms with Crippen LogP contribution in [-0.4, -0.2) is 31.2 Å². The van der Waals surface area contributed by atoms with Crippen molar-refractivity contribution < 1.29 is 0 Å². The van der Waals surface area contributed by atoms with E-state index in [1.807, 2.05) is 13.0 Å². The summed E-state index contributed by atoms with van der Waals surface area (Å²) >= 11 is 18.9. The molecule has 3 nitrogen and oxygen atoms in total. The van der Waals surface area contributed by atoms with Crippen molar-refractivity contribution in [1.29, 1.82) is 0 Å². The first-order valence-corrected chi connectivity index (χ1v) is 7.62. The van der Waals surface area contributed by atoms with Gasteiger partial charge in [-0.2, -0.15) is 0 Å². The van der Waals surface area contributed by atoms with Crippen molar-refractivity contribution in [2.75, 3.05) is 31.1 Å². The molecule has 0 radical (unpaired) electrons. The van der Waals surface area contributed by atoms with Gasteiger partial charge in [-0.15, -0.1) is 12.4 Å². The van der Waals surface area contributed by atoms with Gasteiger partial charge in [-0.1, -0.05) is 34.8 Å². The van der Waals surface area contributed by atoms with Gasteiger partial charge in [-0.05, 0) is 19.1 Å². The van der Waals surface area contributed by atoms with Crippen molar-refractivity contribution in [3.05, 3.63) is 32.9 Å². The molecule has 2 heterocycles. The minimum Gasteiger partial charge on any atom is -0.367 e. The summed E-state index contributed by atoms with van der Waals surface area (Å²) in [6.07, 6.45) is 0. The Morgan fingerprint density at radius 3 is 2.43 bits per heavy atom. The van der Waals surface area contributed by atoms with Gasteiger partial charge >= 0.3 is 0 Å². The highest BCUT2D eigenvalue weighted by Gasteiger charge is 2.20. The topological polar surface area (TPSA) is 28.2 Å². The number of aromatic nitrogens is 1. The van der Waals surface area contributed by atoms with E-state index in [-0.39, 0.29) is 12.4 Å². The van der Waals surface area contributed by atoms with E-state index >= 15 is 0 Å². The highest BCUT2D eigenvalue weighted by Crippen LogP contribution is 2.40. The molecule has 114 valence electrons. The second-order valence-corrected chi connectivity index (χ2v) is 6.02. The molecule has 1 aromatic heterocycles. The van der Waals surface area contributed by atoms with Crippen LogP contribution in [0.15, 0.2) is 12.1 Å². The lowest BCUT2D eigenvalue weighted by atomic mass is 10.1. The molecule has 1 aliphatic rings. The number of rotatable bonds is 1. The Hall–Kier alpha value is -0.450. The van der Waals surface area contributed by atoms with Crippen molar-refractivity contribution in [1.82, 2.24) is 10.3 Å². The third kappa shape index (κ3) is 3.03. The number of hydrogen-bond acceptors (Lipinski definition) is 3. The van der Waals surface area contributed by atoms with Crippen LogP contribution < -0.4 is 10.2 Å². The SMILES string of the molecule is Cc1nc2c(Cl)c(Cl)ccc2c(N2CCNCC2)c1Cl.Cl. The lowest BCUT2D eigenvalue weighted by Gasteiger charge is -2.31. The summed E-state index contributed by atoms with van der Waals surface area (Å²) in [6, 6.07) is 3.74. The second kappa shape index (κ2) is 6.76. The summed E-state index contributed by atoms with van der Waals surface area (Å²) in [5, 5.41) is 5.99. The van der Waals surface area contributed by atoms with Crippen LogP contribution >= 0.6 is 47.2 Å². The van der Waals surface area contributed by atoms with Crippen LogP contribution in [0.25, 0.3) is 10.9 Å². The lowest BCUT2D eigenvalue weighted by molar-refractivity contribution is 0.590. The van der Waals surface area contributed by atoms with Crippen LogP contribution in [0.1, 0.15) is 5.69 Å². The Morgan fingerprint density at radius 1 is 1.10 bits per heavy atom. The highest BCUT2D eigenvalue weighted by molar-refractivity contribution is 6.45. The molecule has 0 amide bonds. The Balaban J connectivity index is 0.00000161. The summed E-state index contributed by atoms with van der Waals surface area (Å²) in [5.74, 6) is 0. The number of nitrogens with one attached hydrogen (secondary N) is 1. The van der Waals surface area contributed by atoms with Crippen molar-refractivity contribution >= 4 is 63.8 Å². The third-order valence-electron chi connectivity index (χ3n) is 3.56. The number of nitrogens with zero attached hydrogens (tertiary/aromatic N) is 2. The highest BCUT2D eigenvalue weighted by atomic mass is 35.5. The average molecular weight is 367 g/mol. The molecular weight excluding hydrogens is 352 g/mol. The van der Waals surface area contributed by atoms with Gasteiger partial charge < -0.3 is 10.2 Å². The van der Waals surface area contributed by atoms with E-state index in [4.69, 9.17) is 34.8 Å². The van der Waals surface area contributed by atoms with E-state index in [0.717, 1.165) is 48.5 Å². The van der Waals surface area contributed by atoms with Gasteiger partial charge in [0, 0.05) is 31.6 Å². The molecule has 1 aromatic carbocycles. The zero-order chi connectivity index (χ0) is 14.3. The molecule has 1 aliphatic heterocycles. The van der Waals surface area contributed by atoms with Crippen LogP contribution in [0.5, 0.6) is 0 Å². The summed E-state index contributed by atoms with van der Waals surface area (Å²) in [7, 11) is 0. The number of anilines is 1. The Morgan fingerprint density at radius 2 is 1.76 bits per heavy atom. The lowest BCUT2D eigenvalue weighted by Crippen LogP contribution is -2.43. The molecule has 1 N–H and O–H groups in total. The molecule has 1 saturated heterocycles. The molecule has 21 heavy (non-hydrogen) atoms. The zero-order valence-corrected chi connectivity index (χ0v) is 14.5. The minimum absolute atomic E-state index is 0. The van der Waals surface area contributed by atoms with Crippen LogP contribution in [0, 0.1) is 6.92 Å². The smallest absolute Gasteiger partial charge is 0.0928 e. The zero-order valence-electron chi connectivity index (χ0n) is 11.4. The fourth-order valence-electron chi connectivity index (χ4n) is 2.54. The summed E-state index contributed by atoms with van der Waals surface area (Å²) in [6.45, 7) is 5.61. The van der Waals surface area contributed by atoms with Gasteiger partial charge in [-0.25, -0.2) is 4.98 Å². The first-order chi connectivity index (χ1) is 9.59. The Kier molecular flexibility index (Phi) is 5.44. The number of halogens is 4. The standard InChI is InChI=1S/C14H14Cl3N3.ClH/c1-8-11(16)14(20-6-4-18-5-7-20)9-2-3-10(15)12(17)13(9)19-8;/h2-3,18H,4-7H2,1H3;1H. The summed E-state index contributed by atoms with van der Waals surface area (Å²) in [5.41, 5.74) is 2.50. The summed E-state index contributed by atoms with van der Waals surface area (Å²) in [4.78, 5) is 6.78. The van der Waals surface area contributed by atoms with Gasteiger partial charge in [0.1, 0.15) is 0 Å². The molecule has 3 rings (SSSR count). The van der Waals surface area contributed by atoms with Gasteiger partial charge in [0.15, 0.2) is 0 Å². The van der Waals surface area contributed by atoms with Gasteiger partial charge in [0.2, 0.25) is 0 Å². The monoisotopic (exact) mass is 365 g/mol. The molecule has 0 unspecified atom stereocenters. The Bertz CT molecular complexity index is 669. The fourth-order valence-corrected chi connectivity index (χ4v) is 3.17. The van der Waals surface area contributed by atoms with Crippen molar-refractivity contribution in [3.63, 3.8) is 0 Å². The molecule has 2 aromatic rings. The summed E-state index contributed by atoms with van der Waals surface area (Å²) < 4.78 is 0. The first kappa shape index (κ1) is 16.9. The van der Waals surface area contributed by atoms with E-state index < -0.39 is 0 Å². The van der Waals surface area contributed by atoms with Crippen molar-refractivity contribution in [3.8, 4) is 0 Å². The fraction of sp³-hybridized carbons (Fsp3) is 0.357. The maximum absolute atomic E-state index is 6.50. The van der Waals surface area contributed by atoms with E-state index in [9.17, 15) is 0 Å². The molecule has 0 atom stereocenters. The molecule has 0 bridgehead atoms. The van der Waals surface area contributed by atoms with Gasteiger partial charge in [0.05, 0.1) is 32.0 Å². The van der Waals surface area contributed by atoms with Crippen molar-refractivity contribution in [2.24, 2.45) is 0 Å². The maximum Gasteiger partial charge on any atom is 0.0928 e. The van der Waals surface area contributed by atoms with E-state index in [0.29, 0.717) is 15.1 Å². The maximum atomic E-state index is 6.50. The predicted octanol–water partition coefficient (Wildman–Crippen LogP) is 4.33. The molecule has 1 fully saturated rings. The number of pyridine rings is 1. The van der Waals surface area contributed by atoms with Crippen LogP contribution in [-0.2, 0) is 0 Å². The normalized spacial score (nSPS) is 15.1. The largest absolute Gasteiger partial charge is 0.367 e. The first-order valence-electron chi connectivity index (χ1n) is 6.49. The van der Waals surface area contributed by atoms with E-state index in [1.165, 1.54) is 0 Å². The third-order valence-corrected chi connectivity index (χ3v) is 4.81. The number of hydrogen-bond donors (Lipinski definition) is 1. The van der Waals surface area contributed by atoms with Gasteiger partial charge in [-0.3, -0.25) is 0 Å². The minimum atomic E-state index is 0. The molecule has 0 aliphatic carbocycles. The molecular formula is C14H15Cl4N3. The average Bonchev–Trinajstić information content (AvgIpc) is 2.46. The number of fused-ring (bicyclic) bond motifs is 1. The predicted molar refractivity (Wildman–Crippen MR) is 93.8 cm³/mol. The van der Waals surface area contributed by atoms with Crippen molar-refractivity contribution in [2.45, 2.75) is 6.92 Å². The molecule has 0 spiro atoms. The van der Waals surface area contributed by atoms with E-state index in [1.54, 1.807) is 6.07 Å². The number of piperazine rings is 1. The molecule has 7 heteroatoms. The van der Waals surface area contributed by atoms with Crippen LogP contribution in [0.2, 0.25) is 15.1 Å². The van der Waals surface area contributed by atoms with Crippen LogP contribution in [0.4, 0.5) is 5.69 Å². The number of aryl methyl sites for hydroxylation is 1. The number of benzene rings is 1. The van der Waals surface area contributed by atoms with E-state index in [2.05, 4.69) is 15.2 Å². The second-order valence-electron chi connectivity index (χ2n) is 4.85. The molecule has 0 saturated carbocycles. The quantitative estimate of drug-likeness (QED) is 0.813. The Labute approximate surface area is 145 Å². The van der Waals surface area contributed by atoms with Crippen LogP contribution in [0.3, 0.4) is 0 Å². The van der Waals surface area contributed by atoms with Gasteiger partial charge in [0.25, 0.3) is 0 Å².